The summed E-state index contributed by atoms with van der Waals surface area (Å²) in [5.41, 5.74) is 3.02. The molecule has 3 aromatic rings. The zero-order valence-electron chi connectivity index (χ0n) is 16.8. The number of carbonyl (C=O) groups excluding carboxylic acids is 2. The van der Waals surface area contributed by atoms with Crippen molar-refractivity contribution in [1.29, 1.82) is 0 Å². The van der Waals surface area contributed by atoms with Gasteiger partial charge in [0.1, 0.15) is 5.75 Å². The smallest absolute Gasteiger partial charge is 0.258 e. The van der Waals surface area contributed by atoms with Gasteiger partial charge in [0.2, 0.25) is 5.91 Å². The molecule has 1 N–H and O–H groups in total. The number of hydrogen-bond donors (Lipinski definition) is 1. The zero-order chi connectivity index (χ0) is 20.9. The lowest BCUT2D eigenvalue weighted by atomic mass is 10.0. The number of benzene rings is 2. The van der Waals surface area contributed by atoms with Crippen LogP contribution in [0.15, 0.2) is 66.0 Å². The highest BCUT2D eigenvalue weighted by Gasteiger charge is 2.22. The quantitative estimate of drug-likeness (QED) is 0.614. The van der Waals surface area contributed by atoms with Crippen LogP contribution in [0.4, 0.5) is 5.69 Å². The van der Waals surface area contributed by atoms with Crippen LogP contribution in [0.1, 0.15) is 34.9 Å². The molecular weight excluding hydrogens is 396 g/mol. The van der Waals surface area contributed by atoms with Gasteiger partial charge >= 0.3 is 0 Å². The highest BCUT2D eigenvalue weighted by Crippen LogP contribution is 2.27. The van der Waals surface area contributed by atoms with Gasteiger partial charge in [0.15, 0.2) is 6.61 Å². The summed E-state index contributed by atoms with van der Waals surface area (Å²) in [7, 11) is 0. The summed E-state index contributed by atoms with van der Waals surface area (Å²) < 4.78 is 5.73. The summed E-state index contributed by atoms with van der Waals surface area (Å²) in [6, 6.07) is 19.3. The van der Waals surface area contributed by atoms with Crippen LogP contribution in [0.3, 0.4) is 0 Å². The Kier molecular flexibility index (Phi) is 6.14. The molecule has 5 nitrogen and oxygen atoms in total. The van der Waals surface area contributed by atoms with Crippen LogP contribution in [0.25, 0.3) is 0 Å². The lowest BCUT2D eigenvalue weighted by Crippen LogP contribution is -2.33. The number of carbonyl (C=O) groups is 2. The van der Waals surface area contributed by atoms with Gasteiger partial charge in [-0.1, -0.05) is 42.0 Å². The second-order valence-corrected chi connectivity index (χ2v) is 8.34. The Bertz CT molecular complexity index is 1020. The summed E-state index contributed by atoms with van der Waals surface area (Å²) >= 11 is 1.61. The van der Waals surface area contributed by atoms with Gasteiger partial charge in [-0.2, -0.15) is 0 Å². The van der Waals surface area contributed by atoms with Gasteiger partial charge in [-0.3, -0.25) is 9.59 Å². The molecule has 0 spiro atoms. The molecule has 2 aromatic carbocycles. The minimum absolute atomic E-state index is 0.0921. The second kappa shape index (κ2) is 9.13. The van der Waals surface area contributed by atoms with Gasteiger partial charge in [-0.15, -0.1) is 11.3 Å². The maximum absolute atomic E-state index is 12.7. The largest absolute Gasteiger partial charge is 0.484 e. The maximum Gasteiger partial charge on any atom is 0.258 e. The summed E-state index contributed by atoms with van der Waals surface area (Å²) in [5, 5.41) is 5.09. The summed E-state index contributed by atoms with van der Waals surface area (Å²) in [5.74, 6) is 0.503. The highest BCUT2D eigenvalue weighted by atomic mass is 32.1. The van der Waals surface area contributed by atoms with Crippen molar-refractivity contribution in [1.82, 2.24) is 5.32 Å². The van der Waals surface area contributed by atoms with Gasteiger partial charge in [0.05, 0.1) is 6.04 Å². The van der Waals surface area contributed by atoms with Crippen LogP contribution in [0.2, 0.25) is 0 Å². The van der Waals surface area contributed by atoms with Gasteiger partial charge in [-0.25, -0.2) is 0 Å². The van der Waals surface area contributed by atoms with E-state index in [2.05, 4.69) is 5.32 Å². The Morgan fingerprint density at radius 3 is 2.70 bits per heavy atom. The molecule has 0 radical (unpaired) electrons. The molecule has 1 aromatic heterocycles. The first kappa shape index (κ1) is 20.2. The van der Waals surface area contributed by atoms with Crippen LogP contribution in [0, 0.1) is 6.92 Å². The van der Waals surface area contributed by atoms with Crippen LogP contribution in [-0.2, 0) is 9.59 Å². The van der Waals surface area contributed by atoms with Crippen molar-refractivity contribution in [2.45, 2.75) is 25.8 Å². The van der Waals surface area contributed by atoms with Gasteiger partial charge in [-0.05, 0) is 42.5 Å². The van der Waals surface area contributed by atoms with Crippen molar-refractivity contribution in [3.8, 4) is 5.75 Å². The van der Waals surface area contributed by atoms with Gasteiger partial charge < -0.3 is 15.0 Å². The molecule has 154 valence electrons. The predicted molar refractivity (Wildman–Crippen MR) is 119 cm³/mol. The standard InChI is InChI=1S/C24H24N2O3S/c1-17-9-11-18(12-10-17)24(21-7-4-14-30-21)25-22(27)16-29-20-6-2-5-19(15-20)26-13-3-8-23(26)28/h2,4-7,9-12,14-15,24H,3,8,13,16H2,1H3,(H,25,27). The molecule has 1 unspecified atom stereocenters. The normalized spacial score (nSPS) is 14.6. The van der Waals surface area contributed by atoms with E-state index in [4.69, 9.17) is 4.74 Å². The molecule has 6 heteroatoms. The van der Waals surface area contributed by atoms with Gasteiger partial charge in [0.25, 0.3) is 5.91 Å². The molecule has 4 rings (SSSR count). The van der Waals surface area contributed by atoms with Crippen molar-refractivity contribution in [2.75, 3.05) is 18.1 Å². The minimum Gasteiger partial charge on any atom is -0.484 e. The lowest BCUT2D eigenvalue weighted by molar-refractivity contribution is -0.123. The SMILES string of the molecule is Cc1ccc(C(NC(=O)COc2cccc(N3CCCC3=O)c2)c2cccs2)cc1. The van der Waals surface area contributed by atoms with Crippen molar-refractivity contribution in [3.63, 3.8) is 0 Å². The van der Waals surface area contributed by atoms with E-state index in [-0.39, 0.29) is 24.5 Å². The van der Waals surface area contributed by atoms with Crippen LogP contribution in [0.5, 0.6) is 5.75 Å². The fraction of sp³-hybridized carbons (Fsp3) is 0.250. The lowest BCUT2D eigenvalue weighted by Gasteiger charge is -2.19. The molecular formula is C24H24N2O3S. The van der Waals surface area contributed by atoms with E-state index in [0.717, 1.165) is 29.1 Å². The maximum atomic E-state index is 12.7. The molecule has 0 bridgehead atoms. The first-order valence-electron chi connectivity index (χ1n) is 10.0. The summed E-state index contributed by atoms with van der Waals surface area (Å²) in [4.78, 5) is 27.5. The summed E-state index contributed by atoms with van der Waals surface area (Å²) in [6.07, 6.45) is 1.45. The summed E-state index contributed by atoms with van der Waals surface area (Å²) in [6.45, 7) is 2.67. The molecule has 30 heavy (non-hydrogen) atoms. The number of ether oxygens (including phenoxy) is 1. The molecule has 1 saturated heterocycles. The Hall–Kier alpha value is -3.12. The minimum atomic E-state index is -0.213. The van der Waals surface area contributed by atoms with E-state index in [0.29, 0.717) is 12.2 Å². The van der Waals surface area contributed by atoms with E-state index >= 15 is 0 Å². The fourth-order valence-electron chi connectivity index (χ4n) is 3.55. The van der Waals surface area contributed by atoms with Crippen molar-refractivity contribution in [2.24, 2.45) is 0 Å². The Morgan fingerprint density at radius 1 is 1.17 bits per heavy atom. The van der Waals surface area contributed by atoms with E-state index in [1.54, 1.807) is 22.3 Å². The second-order valence-electron chi connectivity index (χ2n) is 7.36. The Labute approximate surface area is 180 Å². The van der Waals surface area contributed by atoms with Crippen LogP contribution < -0.4 is 15.0 Å². The Morgan fingerprint density at radius 2 is 2.00 bits per heavy atom. The number of aryl methyl sites for hydroxylation is 1. The van der Waals surface area contributed by atoms with Crippen LogP contribution >= 0.6 is 11.3 Å². The van der Waals surface area contributed by atoms with E-state index in [1.807, 2.05) is 66.9 Å². The number of nitrogens with one attached hydrogen (secondary N) is 1. The molecule has 2 amide bonds. The third-order valence-corrected chi connectivity index (χ3v) is 6.05. The molecule has 2 heterocycles. The number of rotatable bonds is 7. The number of thiophene rings is 1. The van der Waals surface area contributed by atoms with Crippen LogP contribution in [-0.4, -0.2) is 25.0 Å². The average molecular weight is 421 g/mol. The first-order valence-corrected chi connectivity index (χ1v) is 10.9. The third kappa shape index (κ3) is 4.71. The van der Waals surface area contributed by atoms with E-state index < -0.39 is 0 Å². The fourth-order valence-corrected chi connectivity index (χ4v) is 4.35. The molecule has 1 aliphatic heterocycles. The zero-order valence-corrected chi connectivity index (χ0v) is 17.7. The average Bonchev–Trinajstić information content (AvgIpc) is 3.43. The van der Waals surface area contributed by atoms with Crippen molar-refractivity contribution >= 4 is 28.8 Å². The topological polar surface area (TPSA) is 58.6 Å². The third-order valence-electron chi connectivity index (χ3n) is 5.12. The van der Waals surface area contributed by atoms with E-state index in [1.165, 1.54) is 5.56 Å². The Balaban J connectivity index is 1.42. The van der Waals surface area contributed by atoms with E-state index in [9.17, 15) is 9.59 Å². The molecule has 1 atom stereocenters. The molecule has 0 aliphatic carbocycles. The van der Waals surface area contributed by atoms with Crippen molar-refractivity contribution in [3.05, 3.63) is 82.0 Å². The van der Waals surface area contributed by atoms with Gasteiger partial charge in [0, 0.05) is 29.6 Å². The number of hydrogen-bond acceptors (Lipinski definition) is 4. The monoisotopic (exact) mass is 420 g/mol. The number of nitrogens with zero attached hydrogens (tertiary/aromatic N) is 1. The molecule has 1 fully saturated rings. The van der Waals surface area contributed by atoms with Crippen molar-refractivity contribution < 1.29 is 14.3 Å². The number of amides is 2. The number of anilines is 1. The molecule has 0 saturated carbocycles. The highest BCUT2D eigenvalue weighted by molar-refractivity contribution is 7.10. The molecule has 1 aliphatic rings. The first-order chi connectivity index (χ1) is 14.6. The predicted octanol–water partition coefficient (Wildman–Crippen LogP) is 4.47.